The summed E-state index contributed by atoms with van der Waals surface area (Å²) in [6.45, 7) is 4.15. The van der Waals surface area contributed by atoms with Gasteiger partial charge in [-0.25, -0.2) is 9.59 Å². The Bertz CT molecular complexity index is 307. The fraction of sp³-hybridized carbons (Fsp3) is 0.857. The van der Waals surface area contributed by atoms with E-state index in [1.165, 1.54) is 6.42 Å². The van der Waals surface area contributed by atoms with Crippen molar-refractivity contribution >= 4 is 12.0 Å². The largest absolute Gasteiger partial charge is 0.480 e. The number of carboxylic acids is 1. The molecule has 0 aromatic carbocycles. The van der Waals surface area contributed by atoms with Gasteiger partial charge in [0.15, 0.2) is 0 Å². The Morgan fingerprint density at radius 2 is 2.00 bits per heavy atom. The lowest BCUT2D eigenvalue weighted by Crippen LogP contribution is -2.48. The van der Waals surface area contributed by atoms with Crippen LogP contribution < -0.4 is 10.6 Å². The molecule has 3 atom stereocenters. The molecule has 0 heterocycles. The van der Waals surface area contributed by atoms with Crippen molar-refractivity contribution in [1.82, 2.24) is 10.6 Å². The lowest BCUT2D eigenvalue weighted by Gasteiger charge is -2.19. The van der Waals surface area contributed by atoms with Gasteiger partial charge >= 0.3 is 12.0 Å². The van der Waals surface area contributed by atoms with Crippen LogP contribution in [-0.4, -0.2) is 29.2 Å². The summed E-state index contributed by atoms with van der Waals surface area (Å²) >= 11 is 0. The first-order valence-corrected chi connectivity index (χ1v) is 7.32. The Labute approximate surface area is 115 Å². The van der Waals surface area contributed by atoms with Gasteiger partial charge in [0.1, 0.15) is 6.04 Å². The molecule has 0 aliphatic heterocycles. The fourth-order valence-corrected chi connectivity index (χ4v) is 2.56. The number of carboxylic acid groups (broad SMARTS) is 1. The summed E-state index contributed by atoms with van der Waals surface area (Å²) in [4.78, 5) is 22.8. The molecular formula is C14H26N2O3. The van der Waals surface area contributed by atoms with E-state index in [-0.39, 0.29) is 12.1 Å². The number of aliphatic carboxylic acids is 1. The molecule has 0 spiro atoms. The normalized spacial score (nSPS) is 25.2. The molecule has 19 heavy (non-hydrogen) atoms. The number of carbonyl (C=O) groups excluding carboxylic acids is 1. The molecule has 5 heteroatoms. The minimum Gasteiger partial charge on any atom is -0.480 e. The molecule has 0 aromatic rings. The molecule has 2 amide bonds. The van der Waals surface area contributed by atoms with E-state index in [0.29, 0.717) is 6.42 Å². The zero-order valence-electron chi connectivity index (χ0n) is 11.9. The maximum absolute atomic E-state index is 11.8. The number of rotatable bonds is 5. The van der Waals surface area contributed by atoms with Crippen molar-refractivity contribution in [2.45, 2.75) is 70.9 Å². The predicted molar refractivity (Wildman–Crippen MR) is 74.0 cm³/mol. The number of urea groups is 1. The summed E-state index contributed by atoms with van der Waals surface area (Å²) in [5.41, 5.74) is 0. The summed E-state index contributed by atoms with van der Waals surface area (Å²) < 4.78 is 0. The van der Waals surface area contributed by atoms with Crippen LogP contribution >= 0.6 is 0 Å². The Balaban J connectivity index is 2.38. The number of nitrogens with one attached hydrogen (secondary N) is 2. The Morgan fingerprint density at radius 1 is 1.26 bits per heavy atom. The van der Waals surface area contributed by atoms with Crippen molar-refractivity contribution < 1.29 is 14.7 Å². The molecule has 1 rings (SSSR count). The van der Waals surface area contributed by atoms with Crippen molar-refractivity contribution in [2.24, 2.45) is 5.92 Å². The van der Waals surface area contributed by atoms with Crippen LogP contribution in [0.2, 0.25) is 0 Å². The zero-order valence-corrected chi connectivity index (χ0v) is 11.9. The monoisotopic (exact) mass is 270 g/mol. The van der Waals surface area contributed by atoms with Gasteiger partial charge in [-0.2, -0.15) is 0 Å². The van der Waals surface area contributed by atoms with E-state index >= 15 is 0 Å². The van der Waals surface area contributed by atoms with Gasteiger partial charge in [-0.3, -0.25) is 0 Å². The van der Waals surface area contributed by atoms with E-state index in [0.717, 1.165) is 38.0 Å². The van der Waals surface area contributed by atoms with E-state index in [9.17, 15) is 9.59 Å². The number of hydrogen-bond donors (Lipinski definition) is 3. The standard InChI is InChI=1S/C14H26N2O3/c1-3-5-12(13(17)18)16-14(19)15-11-7-4-6-10(2)8-9-11/h10-12H,3-9H2,1-2H3,(H,17,18)(H2,15,16,19). The fourth-order valence-electron chi connectivity index (χ4n) is 2.56. The van der Waals surface area contributed by atoms with Gasteiger partial charge in [0.05, 0.1) is 0 Å². The highest BCUT2D eigenvalue weighted by Gasteiger charge is 2.22. The Hall–Kier alpha value is -1.26. The van der Waals surface area contributed by atoms with Gasteiger partial charge in [-0.1, -0.05) is 33.1 Å². The summed E-state index contributed by atoms with van der Waals surface area (Å²) in [5.74, 6) is -0.242. The second-order valence-electron chi connectivity index (χ2n) is 5.61. The smallest absolute Gasteiger partial charge is 0.326 e. The molecule has 110 valence electrons. The molecular weight excluding hydrogens is 244 g/mol. The molecule has 1 saturated carbocycles. The minimum atomic E-state index is -0.966. The van der Waals surface area contributed by atoms with Crippen LogP contribution in [0, 0.1) is 5.92 Å². The summed E-state index contributed by atoms with van der Waals surface area (Å²) in [6.07, 6.45) is 6.64. The molecule has 1 aliphatic carbocycles. The predicted octanol–water partition coefficient (Wildman–Crippen LogP) is 2.51. The van der Waals surface area contributed by atoms with Crippen LogP contribution in [0.5, 0.6) is 0 Å². The van der Waals surface area contributed by atoms with E-state index in [1.54, 1.807) is 0 Å². The molecule has 3 unspecified atom stereocenters. The minimum absolute atomic E-state index is 0.182. The topological polar surface area (TPSA) is 78.4 Å². The number of carbonyl (C=O) groups is 2. The van der Waals surface area contributed by atoms with Gasteiger partial charge in [0.2, 0.25) is 0 Å². The van der Waals surface area contributed by atoms with Crippen LogP contribution in [0.15, 0.2) is 0 Å². The molecule has 1 aliphatic rings. The molecule has 3 N–H and O–H groups in total. The van der Waals surface area contributed by atoms with Crippen molar-refractivity contribution in [3.8, 4) is 0 Å². The first kappa shape index (κ1) is 15.8. The third-order valence-corrected chi connectivity index (χ3v) is 3.77. The molecule has 1 fully saturated rings. The van der Waals surface area contributed by atoms with Crippen LogP contribution in [0.1, 0.15) is 58.8 Å². The first-order valence-electron chi connectivity index (χ1n) is 7.32. The maximum atomic E-state index is 11.8. The van der Waals surface area contributed by atoms with Crippen LogP contribution in [0.3, 0.4) is 0 Å². The Kier molecular flexibility index (Phi) is 6.67. The first-order chi connectivity index (χ1) is 9.02. The third-order valence-electron chi connectivity index (χ3n) is 3.77. The quantitative estimate of drug-likeness (QED) is 0.672. The van der Waals surface area contributed by atoms with Gasteiger partial charge in [-0.15, -0.1) is 0 Å². The van der Waals surface area contributed by atoms with Gasteiger partial charge in [0, 0.05) is 6.04 Å². The van der Waals surface area contributed by atoms with Gasteiger partial charge in [-0.05, 0) is 31.6 Å². The lowest BCUT2D eigenvalue weighted by molar-refractivity contribution is -0.139. The second kappa shape index (κ2) is 8.02. The zero-order chi connectivity index (χ0) is 14.3. The van der Waals surface area contributed by atoms with Gasteiger partial charge in [0.25, 0.3) is 0 Å². The number of amides is 2. The highest BCUT2D eigenvalue weighted by atomic mass is 16.4. The maximum Gasteiger partial charge on any atom is 0.326 e. The molecule has 5 nitrogen and oxygen atoms in total. The molecule has 0 aromatic heterocycles. The third kappa shape index (κ3) is 5.94. The van der Waals surface area contributed by atoms with Crippen molar-refractivity contribution in [2.75, 3.05) is 0 Å². The molecule has 0 radical (unpaired) electrons. The number of hydrogen-bond acceptors (Lipinski definition) is 2. The van der Waals surface area contributed by atoms with Crippen LogP contribution in [0.4, 0.5) is 4.79 Å². The average Bonchev–Trinajstić information content (AvgIpc) is 2.54. The van der Waals surface area contributed by atoms with Crippen molar-refractivity contribution in [3.63, 3.8) is 0 Å². The SMILES string of the molecule is CCCC(NC(=O)NC1CCCC(C)CC1)C(=O)O. The van der Waals surface area contributed by atoms with Crippen LogP contribution in [-0.2, 0) is 4.79 Å². The summed E-state index contributed by atoms with van der Waals surface area (Å²) in [7, 11) is 0. The highest BCUT2D eigenvalue weighted by Crippen LogP contribution is 2.22. The van der Waals surface area contributed by atoms with E-state index in [1.807, 2.05) is 6.92 Å². The van der Waals surface area contributed by atoms with E-state index in [2.05, 4.69) is 17.6 Å². The van der Waals surface area contributed by atoms with E-state index < -0.39 is 12.0 Å². The average molecular weight is 270 g/mol. The van der Waals surface area contributed by atoms with Crippen LogP contribution in [0.25, 0.3) is 0 Å². The van der Waals surface area contributed by atoms with Crippen molar-refractivity contribution in [1.29, 1.82) is 0 Å². The second-order valence-corrected chi connectivity index (χ2v) is 5.61. The molecule has 0 bridgehead atoms. The summed E-state index contributed by atoms with van der Waals surface area (Å²) in [5, 5.41) is 14.5. The van der Waals surface area contributed by atoms with E-state index in [4.69, 9.17) is 5.11 Å². The Morgan fingerprint density at radius 3 is 2.63 bits per heavy atom. The van der Waals surface area contributed by atoms with Crippen molar-refractivity contribution in [3.05, 3.63) is 0 Å². The van der Waals surface area contributed by atoms with Gasteiger partial charge < -0.3 is 15.7 Å². The highest BCUT2D eigenvalue weighted by molar-refractivity contribution is 5.82. The summed E-state index contributed by atoms with van der Waals surface area (Å²) in [6, 6.07) is -0.948. The molecule has 0 saturated heterocycles. The lowest BCUT2D eigenvalue weighted by atomic mass is 10.0.